The third-order valence-electron chi connectivity index (χ3n) is 2.08. The lowest BCUT2D eigenvalue weighted by atomic mass is 10.4. The third-order valence-corrected chi connectivity index (χ3v) is 4.96. The smallest absolute Gasteiger partial charge is 0.156 e. The van der Waals surface area contributed by atoms with Gasteiger partial charge in [0.25, 0.3) is 0 Å². The highest BCUT2D eigenvalue weighted by Crippen LogP contribution is 2.18. The Hall–Kier alpha value is -0.460. The molecule has 1 heterocycles. The molecule has 0 aromatic carbocycles. The maximum absolute atomic E-state index is 11.6. The van der Waals surface area contributed by atoms with Crippen molar-refractivity contribution in [2.24, 2.45) is 5.73 Å². The van der Waals surface area contributed by atoms with Crippen LogP contribution in [0.2, 0.25) is 0 Å². The topological polar surface area (TPSA) is 73.0 Å². The van der Waals surface area contributed by atoms with Gasteiger partial charge in [0.15, 0.2) is 9.84 Å². The highest BCUT2D eigenvalue weighted by Gasteiger charge is 2.14. The second kappa shape index (κ2) is 5.05. The first-order valence-corrected chi connectivity index (χ1v) is 7.42. The van der Waals surface area contributed by atoms with Gasteiger partial charge < -0.3 is 5.73 Å². The van der Waals surface area contributed by atoms with Crippen LogP contribution in [0.3, 0.4) is 0 Å². The molecular formula is C9H16N2O2S2. The van der Waals surface area contributed by atoms with Gasteiger partial charge in [-0.2, -0.15) is 0 Å². The van der Waals surface area contributed by atoms with E-state index in [9.17, 15) is 8.42 Å². The lowest BCUT2D eigenvalue weighted by molar-refractivity contribution is 0.592. The van der Waals surface area contributed by atoms with Gasteiger partial charge in [-0.3, -0.25) is 0 Å². The van der Waals surface area contributed by atoms with Crippen LogP contribution in [0.15, 0.2) is 0 Å². The second-order valence-electron chi connectivity index (χ2n) is 3.48. The van der Waals surface area contributed by atoms with Crippen LogP contribution in [0.1, 0.15) is 22.0 Å². The first-order chi connectivity index (χ1) is 6.94. The van der Waals surface area contributed by atoms with Crippen LogP contribution in [-0.2, 0) is 15.6 Å². The Labute approximate surface area is 94.4 Å². The van der Waals surface area contributed by atoms with Crippen LogP contribution >= 0.6 is 11.3 Å². The molecule has 0 aliphatic heterocycles. The van der Waals surface area contributed by atoms with Gasteiger partial charge in [-0.1, -0.05) is 0 Å². The molecule has 0 fully saturated rings. The van der Waals surface area contributed by atoms with Gasteiger partial charge in [0.2, 0.25) is 0 Å². The van der Waals surface area contributed by atoms with Crippen molar-refractivity contribution in [3.63, 3.8) is 0 Å². The molecule has 1 aromatic heterocycles. The fourth-order valence-corrected chi connectivity index (χ4v) is 3.86. The number of thiazole rings is 1. The summed E-state index contributed by atoms with van der Waals surface area (Å²) in [5, 5.41) is 0.682. The maximum atomic E-state index is 11.6. The summed E-state index contributed by atoms with van der Waals surface area (Å²) in [6.45, 7) is 4.25. The van der Waals surface area contributed by atoms with Crippen LogP contribution < -0.4 is 5.73 Å². The molecule has 0 atom stereocenters. The molecule has 86 valence electrons. The molecule has 0 spiro atoms. The summed E-state index contributed by atoms with van der Waals surface area (Å²) in [7, 11) is -3.03. The number of hydrogen-bond donors (Lipinski definition) is 1. The minimum atomic E-state index is -3.03. The molecule has 4 nitrogen and oxygen atoms in total. The van der Waals surface area contributed by atoms with Gasteiger partial charge in [0.05, 0.1) is 11.4 Å². The molecule has 0 unspecified atom stereocenters. The van der Waals surface area contributed by atoms with Crippen molar-refractivity contribution < 1.29 is 8.42 Å². The number of nitrogens with zero attached hydrogens (tertiary/aromatic N) is 1. The average Bonchev–Trinajstić information content (AvgIpc) is 2.41. The standard InChI is InChI=1S/C9H16N2O2S2/c1-7-8(2)14-9(11-7)6-15(12,13)5-3-4-10/h3-6,10H2,1-2H3. The molecule has 0 radical (unpaired) electrons. The summed E-state index contributed by atoms with van der Waals surface area (Å²) in [5.74, 6) is 0.202. The van der Waals surface area contributed by atoms with Gasteiger partial charge in [-0.25, -0.2) is 13.4 Å². The maximum Gasteiger partial charge on any atom is 0.156 e. The summed E-state index contributed by atoms with van der Waals surface area (Å²) in [6, 6.07) is 0. The van der Waals surface area contributed by atoms with Gasteiger partial charge in [0, 0.05) is 4.88 Å². The average molecular weight is 248 g/mol. The number of nitrogens with two attached hydrogens (primary N) is 1. The SMILES string of the molecule is Cc1nc(CS(=O)(=O)CCCN)sc1C. The Morgan fingerprint density at radius 2 is 2.07 bits per heavy atom. The largest absolute Gasteiger partial charge is 0.330 e. The van der Waals surface area contributed by atoms with Crippen LogP contribution in [0, 0.1) is 13.8 Å². The fourth-order valence-electron chi connectivity index (χ4n) is 1.16. The van der Waals surface area contributed by atoms with Crippen molar-refractivity contribution in [2.75, 3.05) is 12.3 Å². The molecule has 0 saturated heterocycles. The Morgan fingerprint density at radius 3 is 2.53 bits per heavy atom. The van der Waals surface area contributed by atoms with Gasteiger partial charge in [-0.05, 0) is 26.8 Å². The molecule has 0 saturated carbocycles. The van der Waals surface area contributed by atoms with E-state index in [4.69, 9.17) is 5.73 Å². The van der Waals surface area contributed by atoms with E-state index in [0.717, 1.165) is 10.6 Å². The lowest BCUT2D eigenvalue weighted by Crippen LogP contribution is -2.13. The molecular weight excluding hydrogens is 232 g/mol. The Bertz CT molecular complexity index is 404. The van der Waals surface area contributed by atoms with E-state index in [2.05, 4.69) is 4.98 Å². The molecule has 1 aromatic rings. The summed E-state index contributed by atoms with van der Waals surface area (Å²) < 4.78 is 23.2. The van der Waals surface area contributed by atoms with Gasteiger partial charge in [0.1, 0.15) is 10.8 Å². The highest BCUT2D eigenvalue weighted by molar-refractivity contribution is 7.90. The quantitative estimate of drug-likeness (QED) is 0.844. The third kappa shape index (κ3) is 3.89. The highest BCUT2D eigenvalue weighted by atomic mass is 32.2. The number of sulfone groups is 1. The number of aryl methyl sites for hydroxylation is 2. The molecule has 0 amide bonds. The van der Waals surface area contributed by atoms with Crippen molar-refractivity contribution in [1.82, 2.24) is 4.98 Å². The Morgan fingerprint density at radius 1 is 1.40 bits per heavy atom. The first-order valence-electron chi connectivity index (χ1n) is 4.78. The van der Waals surface area contributed by atoms with Crippen LogP contribution in [0.5, 0.6) is 0 Å². The van der Waals surface area contributed by atoms with Crippen molar-refractivity contribution >= 4 is 21.2 Å². The normalized spacial score (nSPS) is 11.9. The predicted octanol–water partition coefficient (Wildman–Crippen LogP) is 1.02. The monoisotopic (exact) mass is 248 g/mol. The van der Waals surface area contributed by atoms with Crippen LogP contribution in [0.4, 0.5) is 0 Å². The van der Waals surface area contributed by atoms with Crippen molar-refractivity contribution in [3.8, 4) is 0 Å². The lowest BCUT2D eigenvalue weighted by Gasteiger charge is -1.99. The van der Waals surface area contributed by atoms with Crippen LogP contribution in [-0.4, -0.2) is 25.7 Å². The fraction of sp³-hybridized carbons (Fsp3) is 0.667. The number of rotatable bonds is 5. The van der Waals surface area contributed by atoms with E-state index in [-0.39, 0.29) is 11.5 Å². The molecule has 0 aliphatic rings. The second-order valence-corrected chi connectivity index (χ2v) is 6.96. The molecule has 2 N–H and O–H groups in total. The zero-order valence-corrected chi connectivity index (χ0v) is 10.6. The minimum Gasteiger partial charge on any atom is -0.330 e. The first kappa shape index (κ1) is 12.6. The summed E-state index contributed by atoms with van der Waals surface area (Å²) in [5.41, 5.74) is 6.20. The number of aromatic nitrogens is 1. The van der Waals surface area contributed by atoms with Gasteiger partial charge in [-0.15, -0.1) is 11.3 Å². The van der Waals surface area contributed by atoms with E-state index in [0.29, 0.717) is 18.0 Å². The molecule has 1 rings (SSSR count). The van der Waals surface area contributed by atoms with E-state index < -0.39 is 9.84 Å². The van der Waals surface area contributed by atoms with E-state index >= 15 is 0 Å². The van der Waals surface area contributed by atoms with Crippen molar-refractivity contribution in [3.05, 3.63) is 15.6 Å². The minimum absolute atomic E-state index is 0.0480. The molecule has 0 bridgehead atoms. The van der Waals surface area contributed by atoms with Crippen molar-refractivity contribution in [2.45, 2.75) is 26.0 Å². The van der Waals surface area contributed by atoms with E-state index in [1.165, 1.54) is 11.3 Å². The predicted molar refractivity (Wildman–Crippen MR) is 62.8 cm³/mol. The summed E-state index contributed by atoms with van der Waals surface area (Å²) in [4.78, 5) is 5.29. The molecule has 15 heavy (non-hydrogen) atoms. The molecule has 6 heteroatoms. The Balaban J connectivity index is 2.69. The van der Waals surface area contributed by atoms with E-state index in [1.54, 1.807) is 0 Å². The van der Waals surface area contributed by atoms with E-state index in [1.807, 2.05) is 13.8 Å². The van der Waals surface area contributed by atoms with Gasteiger partial charge >= 0.3 is 0 Å². The molecule has 0 aliphatic carbocycles. The van der Waals surface area contributed by atoms with Crippen molar-refractivity contribution in [1.29, 1.82) is 0 Å². The van der Waals surface area contributed by atoms with Crippen LogP contribution in [0.25, 0.3) is 0 Å². The summed E-state index contributed by atoms with van der Waals surface area (Å²) in [6.07, 6.45) is 0.520. The summed E-state index contributed by atoms with van der Waals surface area (Å²) >= 11 is 1.45. The zero-order chi connectivity index (χ0) is 11.5. The zero-order valence-electron chi connectivity index (χ0n) is 8.99. The number of hydrogen-bond acceptors (Lipinski definition) is 5. The Kier molecular flexibility index (Phi) is 4.24.